The quantitative estimate of drug-likeness (QED) is 0.807. The lowest BCUT2D eigenvalue weighted by atomic mass is 10.1. The number of aromatic amines is 1. The molecule has 2 nitrogen and oxygen atoms in total. The van der Waals surface area contributed by atoms with E-state index in [1.54, 1.807) is 13.1 Å². The smallest absolute Gasteiger partial charge is 0.134 e. The van der Waals surface area contributed by atoms with E-state index in [-0.39, 0.29) is 5.78 Å². The van der Waals surface area contributed by atoms with Crippen LogP contribution in [0.15, 0.2) is 24.4 Å². The number of halogens is 1. The van der Waals surface area contributed by atoms with Gasteiger partial charge in [0.15, 0.2) is 0 Å². The average molecular weight is 208 g/mol. The second kappa shape index (κ2) is 3.46. The van der Waals surface area contributed by atoms with E-state index in [0.717, 1.165) is 16.5 Å². The summed E-state index contributed by atoms with van der Waals surface area (Å²) in [5, 5.41) is 1.68. The normalized spacial score (nSPS) is 10.7. The molecule has 2 rings (SSSR count). The molecule has 0 spiro atoms. The summed E-state index contributed by atoms with van der Waals surface area (Å²) in [5.41, 5.74) is 1.97. The van der Waals surface area contributed by atoms with E-state index in [2.05, 4.69) is 4.98 Å². The zero-order chi connectivity index (χ0) is 10.1. The Kier molecular flexibility index (Phi) is 2.30. The monoisotopic (exact) mass is 207 g/mol. The van der Waals surface area contributed by atoms with Gasteiger partial charge in [-0.25, -0.2) is 0 Å². The second-order valence-electron chi connectivity index (χ2n) is 3.36. The Morgan fingerprint density at radius 1 is 1.50 bits per heavy atom. The molecule has 2 aromatic rings. The first-order chi connectivity index (χ1) is 6.68. The number of hydrogen-bond acceptors (Lipinski definition) is 1. The lowest BCUT2D eigenvalue weighted by molar-refractivity contribution is -0.116. The van der Waals surface area contributed by atoms with Crippen LogP contribution in [-0.2, 0) is 11.2 Å². The number of fused-ring (bicyclic) bond motifs is 1. The molecule has 0 radical (unpaired) electrons. The first-order valence-electron chi connectivity index (χ1n) is 4.42. The van der Waals surface area contributed by atoms with Crippen LogP contribution in [0.1, 0.15) is 12.5 Å². The number of aromatic nitrogens is 1. The first-order valence-corrected chi connectivity index (χ1v) is 4.80. The predicted molar refractivity (Wildman–Crippen MR) is 57.7 cm³/mol. The van der Waals surface area contributed by atoms with Crippen LogP contribution in [0.25, 0.3) is 10.9 Å². The van der Waals surface area contributed by atoms with Crippen LogP contribution >= 0.6 is 11.6 Å². The minimum atomic E-state index is 0.156. The molecule has 1 heterocycles. The van der Waals surface area contributed by atoms with Gasteiger partial charge in [0.05, 0.1) is 10.5 Å². The van der Waals surface area contributed by atoms with Crippen molar-refractivity contribution in [2.24, 2.45) is 0 Å². The van der Waals surface area contributed by atoms with E-state index in [1.807, 2.05) is 18.2 Å². The highest BCUT2D eigenvalue weighted by atomic mass is 35.5. The molecule has 0 fully saturated rings. The van der Waals surface area contributed by atoms with E-state index < -0.39 is 0 Å². The molecule has 0 saturated heterocycles. The maximum atomic E-state index is 11.0. The molecule has 0 aliphatic rings. The number of H-pyrrole nitrogens is 1. The van der Waals surface area contributed by atoms with Gasteiger partial charge in [-0.2, -0.15) is 0 Å². The van der Waals surface area contributed by atoms with Gasteiger partial charge < -0.3 is 4.98 Å². The number of benzene rings is 1. The summed E-state index contributed by atoms with van der Waals surface area (Å²) < 4.78 is 0. The van der Waals surface area contributed by atoms with Crippen molar-refractivity contribution < 1.29 is 4.79 Å². The van der Waals surface area contributed by atoms with E-state index in [1.165, 1.54) is 0 Å². The van der Waals surface area contributed by atoms with E-state index in [0.29, 0.717) is 11.4 Å². The number of carbonyl (C=O) groups excluding carboxylic acids is 1. The molecule has 0 aliphatic carbocycles. The molecule has 0 saturated carbocycles. The van der Waals surface area contributed by atoms with Gasteiger partial charge in [-0.15, -0.1) is 0 Å². The summed E-state index contributed by atoms with van der Waals surface area (Å²) in [6.07, 6.45) is 2.20. The molecule has 0 atom stereocenters. The van der Waals surface area contributed by atoms with Crippen LogP contribution in [0.4, 0.5) is 0 Å². The van der Waals surface area contributed by atoms with Gasteiger partial charge in [0.2, 0.25) is 0 Å². The Morgan fingerprint density at radius 2 is 2.29 bits per heavy atom. The fourth-order valence-electron chi connectivity index (χ4n) is 1.60. The minimum Gasteiger partial charge on any atom is -0.360 e. The number of carbonyl (C=O) groups is 1. The zero-order valence-electron chi connectivity index (χ0n) is 7.80. The van der Waals surface area contributed by atoms with Crippen LogP contribution in [0.3, 0.4) is 0 Å². The van der Waals surface area contributed by atoms with Gasteiger partial charge in [0.25, 0.3) is 0 Å². The Hall–Kier alpha value is -1.28. The van der Waals surface area contributed by atoms with Crippen LogP contribution in [0.5, 0.6) is 0 Å². The fraction of sp³-hybridized carbons (Fsp3) is 0.182. The predicted octanol–water partition coefficient (Wildman–Crippen LogP) is 2.95. The zero-order valence-corrected chi connectivity index (χ0v) is 8.56. The molecule has 1 N–H and O–H groups in total. The molecule has 0 unspecified atom stereocenters. The van der Waals surface area contributed by atoms with Crippen LogP contribution in [0.2, 0.25) is 5.02 Å². The number of hydrogen-bond donors (Lipinski definition) is 1. The molecular weight excluding hydrogens is 198 g/mol. The maximum absolute atomic E-state index is 11.0. The third-order valence-corrected chi connectivity index (χ3v) is 2.50. The molecule has 0 aliphatic heterocycles. The van der Waals surface area contributed by atoms with Crippen LogP contribution in [0, 0.1) is 0 Å². The average Bonchev–Trinajstić information content (AvgIpc) is 2.49. The maximum Gasteiger partial charge on any atom is 0.134 e. The number of para-hydroxylation sites is 1. The van der Waals surface area contributed by atoms with Gasteiger partial charge in [-0.1, -0.05) is 29.8 Å². The summed E-state index contributed by atoms with van der Waals surface area (Å²) in [6, 6.07) is 5.80. The summed E-state index contributed by atoms with van der Waals surface area (Å²) in [5.74, 6) is 0.156. The van der Waals surface area contributed by atoms with Crippen molar-refractivity contribution in [2.75, 3.05) is 0 Å². The van der Waals surface area contributed by atoms with Gasteiger partial charge in [0.1, 0.15) is 5.78 Å². The summed E-state index contributed by atoms with van der Waals surface area (Å²) in [7, 11) is 0. The van der Waals surface area contributed by atoms with Crippen molar-refractivity contribution in [3.05, 3.63) is 35.0 Å². The molecule has 0 bridgehead atoms. The number of ketones is 1. The summed E-state index contributed by atoms with van der Waals surface area (Å²) in [4.78, 5) is 14.1. The minimum absolute atomic E-state index is 0.156. The molecule has 3 heteroatoms. The van der Waals surface area contributed by atoms with Gasteiger partial charge in [-0.3, -0.25) is 4.79 Å². The van der Waals surface area contributed by atoms with E-state index >= 15 is 0 Å². The first kappa shape index (κ1) is 9.28. The van der Waals surface area contributed by atoms with Crippen molar-refractivity contribution >= 4 is 28.3 Å². The highest BCUT2D eigenvalue weighted by molar-refractivity contribution is 6.35. The van der Waals surface area contributed by atoms with Crippen molar-refractivity contribution in [3.63, 3.8) is 0 Å². The Balaban J connectivity index is 2.59. The van der Waals surface area contributed by atoms with Crippen LogP contribution < -0.4 is 0 Å². The second-order valence-corrected chi connectivity index (χ2v) is 3.76. The highest BCUT2D eigenvalue weighted by Gasteiger charge is 2.06. The summed E-state index contributed by atoms with van der Waals surface area (Å²) in [6.45, 7) is 1.59. The van der Waals surface area contributed by atoms with Crippen LogP contribution in [-0.4, -0.2) is 10.8 Å². The molecule has 1 aromatic carbocycles. The van der Waals surface area contributed by atoms with Crippen molar-refractivity contribution in [3.8, 4) is 0 Å². The number of nitrogens with one attached hydrogen (secondary N) is 1. The molecule has 14 heavy (non-hydrogen) atoms. The van der Waals surface area contributed by atoms with Gasteiger partial charge >= 0.3 is 0 Å². The van der Waals surface area contributed by atoms with Crippen molar-refractivity contribution in [1.29, 1.82) is 0 Å². The van der Waals surface area contributed by atoms with Crippen molar-refractivity contribution in [2.45, 2.75) is 13.3 Å². The molecule has 1 aromatic heterocycles. The highest BCUT2D eigenvalue weighted by Crippen LogP contribution is 2.25. The van der Waals surface area contributed by atoms with Gasteiger partial charge in [-0.05, 0) is 12.5 Å². The Labute approximate surface area is 86.9 Å². The Morgan fingerprint density at radius 3 is 3.00 bits per heavy atom. The van der Waals surface area contributed by atoms with E-state index in [9.17, 15) is 4.79 Å². The SMILES string of the molecule is CC(=O)Cc1cccc2c(Cl)c[nH]c12. The summed E-state index contributed by atoms with van der Waals surface area (Å²) >= 11 is 5.96. The molecular formula is C11H10ClNO. The fourth-order valence-corrected chi connectivity index (χ4v) is 1.81. The Bertz CT molecular complexity index is 487. The molecule has 72 valence electrons. The lowest BCUT2D eigenvalue weighted by Gasteiger charge is -1.99. The lowest BCUT2D eigenvalue weighted by Crippen LogP contribution is -1.96. The largest absolute Gasteiger partial charge is 0.360 e. The van der Waals surface area contributed by atoms with Crippen molar-refractivity contribution in [1.82, 2.24) is 4.98 Å². The third-order valence-electron chi connectivity index (χ3n) is 2.19. The number of Topliss-reactive ketones (excluding diaryl/α,β-unsaturated/α-hetero) is 1. The third kappa shape index (κ3) is 1.53. The molecule has 0 amide bonds. The topological polar surface area (TPSA) is 32.9 Å². The van der Waals surface area contributed by atoms with Gasteiger partial charge in [0, 0.05) is 18.0 Å². The van der Waals surface area contributed by atoms with E-state index in [4.69, 9.17) is 11.6 Å². The standard InChI is InChI=1S/C11H10ClNO/c1-7(14)5-8-3-2-4-9-10(12)6-13-11(8)9/h2-4,6,13H,5H2,1H3. The number of rotatable bonds is 2.